The van der Waals surface area contributed by atoms with Gasteiger partial charge in [0.25, 0.3) is 6.71 Å². The molecule has 4 heterocycles. The summed E-state index contributed by atoms with van der Waals surface area (Å²) in [4.78, 5) is 0. The van der Waals surface area contributed by atoms with Gasteiger partial charge in [0.1, 0.15) is 0 Å². The lowest BCUT2D eigenvalue weighted by atomic mass is 9.33. The normalized spacial score (nSPS) is 18.1. The maximum atomic E-state index is 2.75. The molecule has 0 spiro atoms. The molecule has 59 heavy (non-hydrogen) atoms. The quantitative estimate of drug-likeness (QED) is 0.159. The Hall–Kier alpha value is -6.06. The van der Waals surface area contributed by atoms with Gasteiger partial charge in [-0.15, -0.1) is 0 Å². The Morgan fingerprint density at radius 1 is 0.644 bits per heavy atom. The lowest BCUT2D eigenvalue weighted by Gasteiger charge is -2.37. The van der Waals surface area contributed by atoms with E-state index in [9.17, 15) is 0 Å². The van der Waals surface area contributed by atoms with Crippen molar-refractivity contribution in [2.75, 3.05) is 0 Å². The number of hydrogen-bond acceptors (Lipinski definition) is 0. The second-order valence-corrected chi connectivity index (χ2v) is 18.9. The Labute approximate surface area is 347 Å². The standard InChI is InChI=1S/C56H47BN2/c1-56(2,3)41-32-44-43-27-37-23-13-14-24-38(37)29-47(43)58-48-30-40(34-17-7-4-8-18-34)31-49-52(48)57(46(33-41)54(44)58)51-42-26-16-15-25-39(42)28-45-50(35-19-9-5-10-20-35)53(59(49)55(45)51)36-21-11-6-12-22-36/h4-5,7-11,14-15,17-22,24-25,28-33,37H,6,12-13,16,23,26-27H2,1-3H3. The molecule has 5 aromatic carbocycles. The third-order valence-corrected chi connectivity index (χ3v) is 14.6. The fraction of sp³-hybridized carbons (Fsp3) is 0.214. The van der Waals surface area contributed by atoms with Gasteiger partial charge in [0.05, 0.1) is 11.4 Å². The van der Waals surface area contributed by atoms with Crippen LogP contribution in [0.1, 0.15) is 86.5 Å². The average molecular weight is 759 g/mol. The Morgan fingerprint density at radius 2 is 1.41 bits per heavy atom. The molecule has 0 fully saturated rings. The van der Waals surface area contributed by atoms with Crippen molar-refractivity contribution < 1.29 is 0 Å². The van der Waals surface area contributed by atoms with E-state index in [1.165, 1.54) is 124 Å². The SMILES string of the molecule is CC(C)(C)c1cc2c3c(c1)c1c(n3-c3cc(-c4ccccc4)cc4c3B2c2c3c(cc5c(-c6ccccc6)c(C6=CCCC=C6)n-4c25)C=CCC3)C=C2C=CCCC2C1. The summed E-state index contributed by atoms with van der Waals surface area (Å²) in [6, 6.07) is 35.3. The van der Waals surface area contributed by atoms with Crippen LogP contribution < -0.4 is 16.4 Å². The van der Waals surface area contributed by atoms with Crippen molar-refractivity contribution in [1.82, 2.24) is 9.13 Å². The van der Waals surface area contributed by atoms with Gasteiger partial charge in [-0.3, -0.25) is 0 Å². The summed E-state index contributed by atoms with van der Waals surface area (Å²) < 4.78 is 5.48. The van der Waals surface area contributed by atoms with E-state index in [0.717, 1.165) is 32.1 Å². The molecule has 0 N–H and O–H groups in total. The molecule has 7 aromatic rings. The number of nitrogens with zero attached hydrogens (tertiary/aromatic N) is 2. The van der Waals surface area contributed by atoms with Crippen molar-refractivity contribution in [3.63, 3.8) is 0 Å². The first-order chi connectivity index (χ1) is 28.9. The Bertz CT molecular complexity index is 3150. The van der Waals surface area contributed by atoms with Crippen LogP contribution in [0.5, 0.6) is 0 Å². The minimum atomic E-state index is -0.000309. The number of allylic oxidation sites excluding steroid dienone is 8. The molecule has 0 amide bonds. The predicted octanol–water partition coefficient (Wildman–Crippen LogP) is 11.9. The Kier molecular flexibility index (Phi) is 7.03. The van der Waals surface area contributed by atoms with Crippen molar-refractivity contribution in [3.8, 4) is 33.6 Å². The highest BCUT2D eigenvalue weighted by Crippen LogP contribution is 2.48. The smallest absolute Gasteiger partial charge is 0.252 e. The van der Waals surface area contributed by atoms with E-state index in [2.05, 4.69) is 170 Å². The van der Waals surface area contributed by atoms with Gasteiger partial charge in [-0.1, -0.05) is 130 Å². The molecule has 0 saturated carbocycles. The minimum Gasteiger partial charge on any atom is -0.310 e. The average Bonchev–Trinajstić information content (AvgIpc) is 3.79. The van der Waals surface area contributed by atoms with Gasteiger partial charge < -0.3 is 9.13 Å². The van der Waals surface area contributed by atoms with Gasteiger partial charge in [0.2, 0.25) is 0 Å². The fourth-order valence-electron chi connectivity index (χ4n) is 11.9. The molecule has 1 atom stereocenters. The second-order valence-electron chi connectivity index (χ2n) is 18.9. The van der Waals surface area contributed by atoms with Crippen molar-refractivity contribution in [2.24, 2.45) is 5.92 Å². The van der Waals surface area contributed by atoms with Crippen molar-refractivity contribution in [1.29, 1.82) is 0 Å². The molecular formula is C56H47BN2. The van der Waals surface area contributed by atoms with Crippen LogP contribution in [0.4, 0.5) is 0 Å². The van der Waals surface area contributed by atoms with E-state index in [4.69, 9.17) is 0 Å². The molecule has 2 nitrogen and oxygen atoms in total. The summed E-state index contributed by atoms with van der Waals surface area (Å²) in [5.74, 6) is 0.579. The summed E-state index contributed by atoms with van der Waals surface area (Å²) >= 11 is 0. The van der Waals surface area contributed by atoms with Crippen molar-refractivity contribution >= 4 is 62.6 Å². The highest BCUT2D eigenvalue weighted by Gasteiger charge is 2.45. The third-order valence-electron chi connectivity index (χ3n) is 14.6. The van der Waals surface area contributed by atoms with E-state index in [1.54, 1.807) is 5.56 Å². The molecule has 1 unspecified atom stereocenters. The Morgan fingerprint density at radius 3 is 2.19 bits per heavy atom. The fourth-order valence-corrected chi connectivity index (χ4v) is 11.9. The van der Waals surface area contributed by atoms with Crippen LogP contribution >= 0.6 is 0 Å². The zero-order valence-electron chi connectivity index (χ0n) is 34.3. The van der Waals surface area contributed by atoms with E-state index >= 15 is 0 Å². The van der Waals surface area contributed by atoms with Crippen molar-refractivity contribution in [2.45, 2.75) is 71.1 Å². The summed E-state index contributed by atoms with van der Waals surface area (Å²) in [5, 5.41) is 2.84. The monoisotopic (exact) mass is 758 g/mol. The topological polar surface area (TPSA) is 9.86 Å². The highest BCUT2D eigenvalue weighted by atomic mass is 15.0. The molecular weight excluding hydrogens is 711 g/mol. The molecule has 13 rings (SSSR count). The van der Waals surface area contributed by atoms with Crippen LogP contribution in [0.25, 0.3) is 73.2 Å². The molecule has 284 valence electrons. The summed E-state index contributed by atoms with van der Waals surface area (Å²) in [6.45, 7) is 7.33. The van der Waals surface area contributed by atoms with Gasteiger partial charge in [-0.2, -0.15) is 0 Å². The lowest BCUT2D eigenvalue weighted by Crippen LogP contribution is -2.61. The van der Waals surface area contributed by atoms with Gasteiger partial charge in [-0.05, 0) is 153 Å². The van der Waals surface area contributed by atoms with Crippen LogP contribution in [0, 0.1) is 5.92 Å². The van der Waals surface area contributed by atoms with E-state index in [-0.39, 0.29) is 12.1 Å². The first-order valence-electron chi connectivity index (χ1n) is 22.1. The van der Waals surface area contributed by atoms with E-state index in [1.807, 2.05) is 0 Å². The minimum absolute atomic E-state index is 0.000309. The van der Waals surface area contributed by atoms with E-state index in [0.29, 0.717) is 5.92 Å². The molecule has 3 heteroatoms. The van der Waals surface area contributed by atoms with E-state index < -0.39 is 0 Å². The van der Waals surface area contributed by atoms with Crippen LogP contribution in [0.3, 0.4) is 0 Å². The van der Waals surface area contributed by atoms with Crippen LogP contribution in [-0.4, -0.2) is 15.8 Å². The predicted molar refractivity (Wildman–Crippen MR) is 252 cm³/mol. The van der Waals surface area contributed by atoms with Gasteiger partial charge in [0.15, 0.2) is 0 Å². The number of aromatic nitrogens is 2. The lowest BCUT2D eigenvalue weighted by molar-refractivity contribution is 0.557. The maximum absolute atomic E-state index is 2.75. The van der Waals surface area contributed by atoms with Crippen LogP contribution in [-0.2, 0) is 18.3 Å². The molecule has 0 bridgehead atoms. The zero-order valence-corrected chi connectivity index (χ0v) is 34.3. The number of hydrogen-bond donors (Lipinski definition) is 0. The molecule has 6 aliphatic rings. The maximum Gasteiger partial charge on any atom is 0.252 e. The number of rotatable bonds is 3. The molecule has 2 aromatic heterocycles. The first-order valence-corrected chi connectivity index (χ1v) is 22.1. The molecule has 4 aliphatic carbocycles. The van der Waals surface area contributed by atoms with Crippen LogP contribution in [0.15, 0.2) is 133 Å². The highest BCUT2D eigenvalue weighted by molar-refractivity contribution is 7.00. The zero-order chi connectivity index (χ0) is 39.1. The summed E-state index contributed by atoms with van der Waals surface area (Å²) in [6.07, 6.45) is 27.3. The van der Waals surface area contributed by atoms with Gasteiger partial charge >= 0.3 is 0 Å². The largest absolute Gasteiger partial charge is 0.310 e. The molecule has 0 radical (unpaired) electrons. The van der Waals surface area contributed by atoms with Gasteiger partial charge in [0, 0.05) is 38.7 Å². The van der Waals surface area contributed by atoms with Crippen molar-refractivity contribution in [3.05, 3.63) is 167 Å². The summed E-state index contributed by atoms with van der Waals surface area (Å²) in [7, 11) is 0. The molecule has 2 aliphatic heterocycles. The number of fused-ring (bicyclic) bond motifs is 10. The van der Waals surface area contributed by atoms with Gasteiger partial charge in [-0.25, -0.2) is 0 Å². The number of benzene rings is 5. The molecule has 0 saturated heterocycles. The first kappa shape index (κ1) is 33.9. The third kappa shape index (κ3) is 4.71. The Balaban J connectivity index is 1.27. The van der Waals surface area contributed by atoms with Crippen LogP contribution in [0.2, 0.25) is 0 Å². The second kappa shape index (κ2) is 12.2. The summed E-state index contributed by atoms with van der Waals surface area (Å²) in [5.41, 5.74) is 26.6.